The number of fused-ring (bicyclic) bond motifs is 2. The topological polar surface area (TPSA) is 32.3 Å². The first-order chi connectivity index (χ1) is 11.7. The standard InChI is InChI=1S/C20H26N4/c1-15-10-11-21-20(22-15)23(2)19-12-17-8-9-18(13-19)24(17)14-16-6-4-3-5-7-16/h3-7,10-11,17-19H,8-9,12-14H2,1-2H3. The summed E-state index contributed by atoms with van der Waals surface area (Å²) in [7, 11) is 2.16. The maximum absolute atomic E-state index is 4.61. The number of benzene rings is 1. The quantitative estimate of drug-likeness (QED) is 0.863. The van der Waals surface area contributed by atoms with Gasteiger partial charge < -0.3 is 4.90 Å². The summed E-state index contributed by atoms with van der Waals surface area (Å²) in [6, 6.07) is 14.8. The zero-order valence-electron chi connectivity index (χ0n) is 14.6. The highest BCUT2D eigenvalue weighted by atomic mass is 15.3. The van der Waals surface area contributed by atoms with Crippen LogP contribution in [0.15, 0.2) is 42.6 Å². The number of piperidine rings is 1. The molecule has 2 aromatic rings. The molecule has 0 aliphatic carbocycles. The molecule has 1 aromatic carbocycles. The number of nitrogens with zero attached hydrogens (tertiary/aromatic N) is 4. The van der Waals surface area contributed by atoms with Crippen LogP contribution in [-0.2, 0) is 6.54 Å². The molecule has 2 fully saturated rings. The van der Waals surface area contributed by atoms with Crippen LogP contribution in [0.3, 0.4) is 0 Å². The zero-order valence-corrected chi connectivity index (χ0v) is 14.6. The second-order valence-electron chi connectivity index (χ2n) is 7.28. The van der Waals surface area contributed by atoms with Crippen molar-refractivity contribution in [1.82, 2.24) is 14.9 Å². The third kappa shape index (κ3) is 3.03. The molecule has 2 saturated heterocycles. The summed E-state index contributed by atoms with van der Waals surface area (Å²) in [6.45, 7) is 3.12. The molecule has 0 saturated carbocycles. The van der Waals surface area contributed by atoms with Gasteiger partial charge in [-0.1, -0.05) is 30.3 Å². The number of hydrogen-bond donors (Lipinski definition) is 0. The SMILES string of the molecule is Cc1ccnc(N(C)C2CC3CCC(C2)N3Cc2ccccc2)n1. The van der Waals surface area contributed by atoms with Crippen LogP contribution in [-0.4, -0.2) is 40.0 Å². The Morgan fingerprint density at radius 3 is 2.46 bits per heavy atom. The van der Waals surface area contributed by atoms with Crippen LogP contribution in [0.25, 0.3) is 0 Å². The fourth-order valence-electron chi connectivity index (χ4n) is 4.38. The molecule has 0 spiro atoms. The van der Waals surface area contributed by atoms with Gasteiger partial charge in [-0.2, -0.15) is 0 Å². The van der Waals surface area contributed by atoms with Gasteiger partial charge in [0.25, 0.3) is 0 Å². The van der Waals surface area contributed by atoms with Crippen LogP contribution in [0.2, 0.25) is 0 Å². The molecule has 2 aliphatic heterocycles. The van der Waals surface area contributed by atoms with E-state index >= 15 is 0 Å². The number of hydrogen-bond acceptors (Lipinski definition) is 4. The van der Waals surface area contributed by atoms with Crippen LogP contribution >= 0.6 is 0 Å². The van der Waals surface area contributed by atoms with Gasteiger partial charge in [-0.05, 0) is 44.2 Å². The second-order valence-corrected chi connectivity index (χ2v) is 7.28. The summed E-state index contributed by atoms with van der Waals surface area (Å²) in [5, 5.41) is 0. The average molecular weight is 322 g/mol. The van der Waals surface area contributed by atoms with Crippen molar-refractivity contribution < 1.29 is 0 Å². The van der Waals surface area contributed by atoms with Crippen LogP contribution in [0.1, 0.15) is 36.9 Å². The summed E-state index contributed by atoms with van der Waals surface area (Å²) < 4.78 is 0. The molecule has 1 aromatic heterocycles. The normalized spacial score (nSPS) is 26.5. The van der Waals surface area contributed by atoms with Crippen molar-refractivity contribution in [1.29, 1.82) is 0 Å². The van der Waals surface area contributed by atoms with Gasteiger partial charge in [0.05, 0.1) is 0 Å². The molecule has 2 bridgehead atoms. The fraction of sp³-hybridized carbons (Fsp3) is 0.500. The van der Waals surface area contributed by atoms with E-state index in [0.717, 1.165) is 18.2 Å². The highest BCUT2D eigenvalue weighted by molar-refractivity contribution is 5.31. The largest absolute Gasteiger partial charge is 0.341 e. The molecule has 2 atom stereocenters. The van der Waals surface area contributed by atoms with Gasteiger partial charge in [-0.25, -0.2) is 9.97 Å². The lowest BCUT2D eigenvalue weighted by Crippen LogP contribution is -2.49. The summed E-state index contributed by atoms with van der Waals surface area (Å²) in [5.74, 6) is 0.871. The Hall–Kier alpha value is -1.94. The molecule has 4 nitrogen and oxygen atoms in total. The summed E-state index contributed by atoms with van der Waals surface area (Å²) in [4.78, 5) is 14.1. The Balaban J connectivity index is 1.46. The molecule has 2 unspecified atom stereocenters. The van der Waals surface area contributed by atoms with Crippen LogP contribution in [0.5, 0.6) is 0 Å². The molecule has 0 amide bonds. The van der Waals surface area contributed by atoms with Crippen molar-refractivity contribution in [2.24, 2.45) is 0 Å². The molecule has 4 heteroatoms. The van der Waals surface area contributed by atoms with Gasteiger partial charge in [-0.15, -0.1) is 0 Å². The minimum absolute atomic E-state index is 0.552. The average Bonchev–Trinajstić information content (AvgIpc) is 2.83. The lowest BCUT2D eigenvalue weighted by Gasteiger charge is -2.42. The molecule has 24 heavy (non-hydrogen) atoms. The third-order valence-electron chi connectivity index (χ3n) is 5.71. The van der Waals surface area contributed by atoms with Crippen molar-refractivity contribution in [3.05, 3.63) is 53.9 Å². The minimum atomic E-state index is 0.552. The maximum atomic E-state index is 4.61. The first-order valence-electron chi connectivity index (χ1n) is 9.03. The van der Waals surface area contributed by atoms with Gasteiger partial charge in [0.1, 0.15) is 0 Å². The highest BCUT2D eigenvalue weighted by Gasteiger charge is 2.42. The lowest BCUT2D eigenvalue weighted by atomic mass is 9.95. The Morgan fingerprint density at radius 1 is 1.08 bits per heavy atom. The van der Waals surface area contributed by atoms with Crippen LogP contribution < -0.4 is 4.90 Å². The Kier molecular flexibility index (Phi) is 4.23. The van der Waals surface area contributed by atoms with Crippen molar-refractivity contribution in [3.8, 4) is 0 Å². The van der Waals surface area contributed by atoms with Gasteiger partial charge in [0.15, 0.2) is 0 Å². The van der Waals surface area contributed by atoms with Crippen molar-refractivity contribution in [2.45, 2.75) is 57.3 Å². The highest BCUT2D eigenvalue weighted by Crippen LogP contribution is 2.38. The minimum Gasteiger partial charge on any atom is -0.341 e. The molecule has 0 radical (unpaired) electrons. The lowest BCUT2D eigenvalue weighted by molar-refractivity contribution is 0.118. The summed E-state index contributed by atoms with van der Waals surface area (Å²) in [6.07, 6.45) is 6.97. The summed E-state index contributed by atoms with van der Waals surface area (Å²) >= 11 is 0. The van der Waals surface area contributed by atoms with E-state index in [1.807, 2.05) is 19.2 Å². The number of rotatable bonds is 4. The summed E-state index contributed by atoms with van der Waals surface area (Å²) in [5.41, 5.74) is 2.47. The third-order valence-corrected chi connectivity index (χ3v) is 5.71. The monoisotopic (exact) mass is 322 g/mol. The molecular formula is C20H26N4. The second kappa shape index (κ2) is 6.52. The van der Waals surface area contributed by atoms with E-state index in [-0.39, 0.29) is 0 Å². The van der Waals surface area contributed by atoms with Gasteiger partial charge >= 0.3 is 0 Å². The van der Waals surface area contributed by atoms with E-state index < -0.39 is 0 Å². The van der Waals surface area contributed by atoms with E-state index in [0.29, 0.717) is 18.1 Å². The predicted octanol–water partition coefficient (Wildman–Crippen LogP) is 3.42. The van der Waals surface area contributed by atoms with E-state index in [1.165, 1.54) is 31.2 Å². The van der Waals surface area contributed by atoms with E-state index in [9.17, 15) is 0 Å². The molecule has 4 rings (SSSR count). The van der Waals surface area contributed by atoms with Crippen molar-refractivity contribution >= 4 is 5.95 Å². The van der Waals surface area contributed by atoms with Crippen LogP contribution in [0.4, 0.5) is 5.95 Å². The number of aryl methyl sites for hydroxylation is 1. The Morgan fingerprint density at radius 2 is 1.79 bits per heavy atom. The molecule has 2 aliphatic rings. The van der Waals surface area contributed by atoms with Gasteiger partial charge in [0.2, 0.25) is 5.95 Å². The van der Waals surface area contributed by atoms with Crippen molar-refractivity contribution in [2.75, 3.05) is 11.9 Å². The van der Waals surface area contributed by atoms with E-state index in [4.69, 9.17) is 0 Å². The molecule has 126 valence electrons. The van der Waals surface area contributed by atoms with E-state index in [2.05, 4.69) is 57.1 Å². The molecule has 3 heterocycles. The van der Waals surface area contributed by atoms with Gasteiger partial charge in [0, 0.05) is 43.6 Å². The molecular weight excluding hydrogens is 296 g/mol. The fourth-order valence-corrected chi connectivity index (χ4v) is 4.38. The van der Waals surface area contributed by atoms with Crippen molar-refractivity contribution in [3.63, 3.8) is 0 Å². The molecule has 0 N–H and O–H groups in total. The smallest absolute Gasteiger partial charge is 0.225 e. The first-order valence-corrected chi connectivity index (χ1v) is 9.03. The van der Waals surface area contributed by atoms with Crippen LogP contribution in [0, 0.1) is 6.92 Å². The zero-order chi connectivity index (χ0) is 16.5. The van der Waals surface area contributed by atoms with Gasteiger partial charge in [-0.3, -0.25) is 4.90 Å². The number of aromatic nitrogens is 2. The Labute approximate surface area is 144 Å². The maximum Gasteiger partial charge on any atom is 0.225 e. The predicted molar refractivity (Wildman–Crippen MR) is 97.0 cm³/mol. The Bertz CT molecular complexity index is 673. The first kappa shape index (κ1) is 15.6. The van der Waals surface area contributed by atoms with E-state index in [1.54, 1.807) is 0 Å². The number of anilines is 1.